The third-order valence-corrected chi connectivity index (χ3v) is 4.78. The molecule has 0 aliphatic rings. The molecular formula is C26H24O4. The van der Waals surface area contributed by atoms with E-state index in [9.17, 15) is 9.59 Å². The zero-order valence-electron chi connectivity index (χ0n) is 16.9. The number of benzene rings is 3. The first-order valence-corrected chi connectivity index (χ1v) is 9.79. The van der Waals surface area contributed by atoms with E-state index in [1.165, 1.54) is 11.1 Å². The average molecular weight is 400 g/mol. The SMILES string of the molecule is C=CC(=O)OCc1ccc(OC(=O)c2ccc(CC(C)c3ccccc3)cc2)cc1. The Kier molecular flexibility index (Phi) is 7.17. The predicted octanol–water partition coefficient (Wildman–Crippen LogP) is 5.48. The van der Waals surface area contributed by atoms with Gasteiger partial charge in [0.05, 0.1) is 5.56 Å². The first-order chi connectivity index (χ1) is 14.5. The smallest absolute Gasteiger partial charge is 0.343 e. The van der Waals surface area contributed by atoms with E-state index in [1.807, 2.05) is 30.3 Å². The van der Waals surface area contributed by atoms with Crippen LogP contribution in [0.5, 0.6) is 5.75 Å². The van der Waals surface area contributed by atoms with E-state index >= 15 is 0 Å². The van der Waals surface area contributed by atoms with Crippen molar-refractivity contribution in [2.75, 3.05) is 0 Å². The summed E-state index contributed by atoms with van der Waals surface area (Å²) in [4.78, 5) is 23.5. The highest BCUT2D eigenvalue weighted by atomic mass is 16.5. The molecule has 0 saturated carbocycles. The van der Waals surface area contributed by atoms with E-state index in [4.69, 9.17) is 9.47 Å². The van der Waals surface area contributed by atoms with Crippen LogP contribution >= 0.6 is 0 Å². The van der Waals surface area contributed by atoms with Gasteiger partial charge in [-0.25, -0.2) is 9.59 Å². The Hall–Kier alpha value is -3.66. The molecule has 0 aliphatic carbocycles. The third kappa shape index (κ3) is 5.92. The minimum Gasteiger partial charge on any atom is -0.458 e. The summed E-state index contributed by atoms with van der Waals surface area (Å²) < 4.78 is 10.4. The minimum atomic E-state index is -0.480. The molecule has 1 unspecified atom stereocenters. The van der Waals surface area contributed by atoms with Gasteiger partial charge in [0.15, 0.2) is 0 Å². The van der Waals surface area contributed by atoms with Crippen molar-refractivity contribution in [3.05, 3.63) is 114 Å². The summed E-state index contributed by atoms with van der Waals surface area (Å²) in [5.74, 6) is -0.0653. The van der Waals surface area contributed by atoms with Gasteiger partial charge in [0.1, 0.15) is 12.4 Å². The molecule has 4 heteroatoms. The van der Waals surface area contributed by atoms with Crippen LogP contribution in [-0.4, -0.2) is 11.9 Å². The molecule has 152 valence electrons. The van der Waals surface area contributed by atoms with Crippen LogP contribution in [0.2, 0.25) is 0 Å². The van der Waals surface area contributed by atoms with Crippen molar-refractivity contribution in [3.63, 3.8) is 0 Å². The zero-order valence-corrected chi connectivity index (χ0v) is 16.9. The Morgan fingerprint density at radius 3 is 2.17 bits per heavy atom. The van der Waals surface area contributed by atoms with E-state index in [-0.39, 0.29) is 6.61 Å². The Bertz CT molecular complexity index is 989. The maximum Gasteiger partial charge on any atom is 0.343 e. The van der Waals surface area contributed by atoms with Crippen molar-refractivity contribution in [2.45, 2.75) is 25.9 Å². The van der Waals surface area contributed by atoms with Gasteiger partial charge >= 0.3 is 11.9 Å². The maximum absolute atomic E-state index is 12.4. The molecule has 0 fully saturated rings. The Balaban J connectivity index is 1.55. The summed E-state index contributed by atoms with van der Waals surface area (Å²) in [6.45, 7) is 5.68. The van der Waals surface area contributed by atoms with Crippen molar-refractivity contribution >= 4 is 11.9 Å². The fraction of sp³-hybridized carbons (Fsp3) is 0.154. The molecule has 30 heavy (non-hydrogen) atoms. The van der Waals surface area contributed by atoms with Crippen LogP contribution in [0.25, 0.3) is 0 Å². The molecule has 0 spiro atoms. The molecule has 0 bridgehead atoms. The molecule has 4 nitrogen and oxygen atoms in total. The average Bonchev–Trinajstić information content (AvgIpc) is 2.79. The molecule has 3 aromatic rings. The molecule has 0 heterocycles. The number of carbonyl (C=O) groups is 2. The van der Waals surface area contributed by atoms with E-state index < -0.39 is 11.9 Å². The molecular weight excluding hydrogens is 376 g/mol. The van der Waals surface area contributed by atoms with Gasteiger partial charge in [-0.3, -0.25) is 0 Å². The second kappa shape index (κ2) is 10.2. The Labute approximate surface area is 176 Å². The topological polar surface area (TPSA) is 52.6 Å². The summed E-state index contributed by atoms with van der Waals surface area (Å²) in [7, 11) is 0. The molecule has 1 atom stereocenters. The summed E-state index contributed by atoms with van der Waals surface area (Å²) in [5.41, 5.74) is 3.75. The number of ether oxygens (including phenoxy) is 2. The lowest BCUT2D eigenvalue weighted by molar-refractivity contribution is -0.138. The highest BCUT2D eigenvalue weighted by molar-refractivity contribution is 5.91. The van der Waals surface area contributed by atoms with Gasteiger partial charge in [-0.05, 0) is 53.3 Å². The Morgan fingerprint density at radius 1 is 0.900 bits per heavy atom. The number of esters is 2. The summed E-state index contributed by atoms with van der Waals surface area (Å²) >= 11 is 0. The second-order valence-corrected chi connectivity index (χ2v) is 7.06. The lowest BCUT2D eigenvalue weighted by Gasteiger charge is -2.12. The van der Waals surface area contributed by atoms with Crippen molar-refractivity contribution in [1.29, 1.82) is 0 Å². The summed E-state index contributed by atoms with van der Waals surface area (Å²) in [5, 5.41) is 0. The lowest BCUT2D eigenvalue weighted by atomic mass is 9.93. The van der Waals surface area contributed by atoms with E-state index in [0.29, 0.717) is 17.2 Å². The van der Waals surface area contributed by atoms with E-state index in [0.717, 1.165) is 18.1 Å². The summed E-state index contributed by atoms with van der Waals surface area (Å²) in [6.07, 6.45) is 2.01. The van der Waals surface area contributed by atoms with Crippen molar-refractivity contribution in [2.24, 2.45) is 0 Å². The van der Waals surface area contributed by atoms with Crippen LogP contribution in [0.15, 0.2) is 91.5 Å². The minimum absolute atomic E-state index is 0.141. The molecule has 3 aromatic carbocycles. The van der Waals surface area contributed by atoms with Gasteiger partial charge in [-0.2, -0.15) is 0 Å². The zero-order chi connectivity index (χ0) is 21.3. The van der Waals surface area contributed by atoms with Crippen LogP contribution in [0, 0.1) is 0 Å². The first kappa shape index (κ1) is 21.1. The van der Waals surface area contributed by atoms with Gasteiger partial charge in [0.2, 0.25) is 0 Å². The lowest BCUT2D eigenvalue weighted by Crippen LogP contribution is -2.09. The van der Waals surface area contributed by atoms with Crippen molar-refractivity contribution in [1.82, 2.24) is 0 Å². The second-order valence-electron chi connectivity index (χ2n) is 7.06. The van der Waals surface area contributed by atoms with E-state index in [1.54, 1.807) is 36.4 Å². The Morgan fingerprint density at radius 2 is 1.53 bits per heavy atom. The fourth-order valence-corrected chi connectivity index (χ4v) is 3.06. The van der Waals surface area contributed by atoms with Crippen molar-refractivity contribution < 1.29 is 19.1 Å². The van der Waals surface area contributed by atoms with Gasteiger partial charge in [-0.1, -0.05) is 68.1 Å². The van der Waals surface area contributed by atoms with Crippen LogP contribution in [-0.2, 0) is 22.6 Å². The number of hydrogen-bond donors (Lipinski definition) is 0. The quantitative estimate of drug-likeness (QED) is 0.285. The molecule has 0 aliphatic heterocycles. The predicted molar refractivity (Wildman–Crippen MR) is 116 cm³/mol. The maximum atomic E-state index is 12.4. The van der Waals surface area contributed by atoms with Crippen LogP contribution in [0.3, 0.4) is 0 Å². The van der Waals surface area contributed by atoms with Crippen molar-refractivity contribution in [3.8, 4) is 5.75 Å². The van der Waals surface area contributed by atoms with Gasteiger partial charge in [-0.15, -0.1) is 0 Å². The number of carbonyl (C=O) groups excluding carboxylic acids is 2. The first-order valence-electron chi connectivity index (χ1n) is 9.79. The van der Waals surface area contributed by atoms with E-state index in [2.05, 4.69) is 25.6 Å². The van der Waals surface area contributed by atoms with Crippen LogP contribution < -0.4 is 4.74 Å². The van der Waals surface area contributed by atoms with Gasteiger partial charge in [0.25, 0.3) is 0 Å². The van der Waals surface area contributed by atoms with Crippen LogP contribution in [0.4, 0.5) is 0 Å². The van der Waals surface area contributed by atoms with Gasteiger partial charge in [0, 0.05) is 6.08 Å². The summed E-state index contributed by atoms with van der Waals surface area (Å²) in [6, 6.07) is 24.7. The highest BCUT2D eigenvalue weighted by Crippen LogP contribution is 2.21. The third-order valence-electron chi connectivity index (χ3n) is 4.78. The number of rotatable bonds is 8. The normalized spacial score (nSPS) is 11.4. The fourth-order valence-electron chi connectivity index (χ4n) is 3.06. The highest BCUT2D eigenvalue weighted by Gasteiger charge is 2.11. The molecule has 0 amide bonds. The molecule has 0 radical (unpaired) electrons. The largest absolute Gasteiger partial charge is 0.458 e. The van der Waals surface area contributed by atoms with Crippen LogP contribution in [0.1, 0.15) is 39.9 Å². The standard InChI is InChI=1S/C26H24O4/c1-3-25(27)29-18-21-11-15-24(16-12-21)30-26(28)23-13-9-20(10-14-23)17-19(2)22-7-5-4-6-8-22/h3-16,19H,1,17-18H2,2H3. The van der Waals surface area contributed by atoms with Gasteiger partial charge < -0.3 is 9.47 Å². The number of hydrogen-bond acceptors (Lipinski definition) is 4. The molecule has 0 N–H and O–H groups in total. The monoisotopic (exact) mass is 400 g/mol. The molecule has 0 aromatic heterocycles. The molecule has 3 rings (SSSR count). The molecule has 0 saturated heterocycles.